The highest BCUT2D eigenvalue weighted by atomic mass is 16.5. The van der Waals surface area contributed by atoms with Crippen LogP contribution in [0.4, 0.5) is 0 Å². The number of carbonyl (C=O) groups excluding carboxylic acids is 1. The van der Waals surface area contributed by atoms with Crippen LogP contribution < -0.4 is 5.73 Å². The number of hydrogen-bond acceptors (Lipinski definition) is 4. The molecule has 1 aromatic carbocycles. The highest BCUT2D eigenvalue weighted by Crippen LogP contribution is 2.06. The summed E-state index contributed by atoms with van der Waals surface area (Å²) in [5, 5.41) is 9.75. The van der Waals surface area contributed by atoms with E-state index in [-0.39, 0.29) is 0 Å². The molecule has 0 amide bonds. The maximum absolute atomic E-state index is 11.5. The fourth-order valence-corrected chi connectivity index (χ4v) is 1.58. The van der Waals surface area contributed by atoms with E-state index in [4.69, 9.17) is 10.5 Å². The lowest BCUT2D eigenvalue weighted by atomic mass is 10.0. The summed E-state index contributed by atoms with van der Waals surface area (Å²) in [6.45, 7) is 2.34. The van der Waals surface area contributed by atoms with Crippen LogP contribution >= 0.6 is 0 Å². The molecule has 0 radical (unpaired) electrons. The number of unbranched alkanes of at least 4 members (excludes halogenated alkanes) is 1. The quantitative estimate of drug-likeness (QED) is 0.565. The van der Waals surface area contributed by atoms with Gasteiger partial charge in [-0.05, 0) is 18.4 Å². The van der Waals surface area contributed by atoms with Gasteiger partial charge in [0.2, 0.25) is 0 Å². The molecule has 4 nitrogen and oxygen atoms in total. The minimum Gasteiger partial charge on any atom is -0.464 e. The van der Waals surface area contributed by atoms with Gasteiger partial charge in [-0.3, -0.25) is 0 Å². The van der Waals surface area contributed by atoms with E-state index in [1.165, 1.54) is 0 Å². The van der Waals surface area contributed by atoms with Crippen LogP contribution in [0.5, 0.6) is 0 Å². The molecule has 0 saturated heterocycles. The standard InChI is InChI=1S/C14H21NO3/c1-2-3-9-18-14(17)13(16)12(15)10-11-7-5-4-6-8-11/h4-8,12-13,16H,2-3,9-10,15H2,1H3/t12-,13-/m1/s1. The van der Waals surface area contributed by atoms with Crippen LogP contribution in [0.15, 0.2) is 30.3 Å². The molecule has 100 valence electrons. The minimum absolute atomic E-state index is 0.338. The van der Waals surface area contributed by atoms with Gasteiger partial charge in [-0.15, -0.1) is 0 Å². The molecule has 2 atom stereocenters. The molecule has 1 aromatic rings. The SMILES string of the molecule is CCCCOC(=O)[C@H](O)[C@H](N)Cc1ccccc1. The summed E-state index contributed by atoms with van der Waals surface area (Å²) in [4.78, 5) is 11.5. The Morgan fingerprint density at radius 1 is 1.39 bits per heavy atom. The van der Waals surface area contributed by atoms with Gasteiger partial charge in [-0.2, -0.15) is 0 Å². The van der Waals surface area contributed by atoms with Crippen LogP contribution in [-0.4, -0.2) is 29.8 Å². The van der Waals surface area contributed by atoms with Crippen LogP contribution in [0, 0.1) is 0 Å². The molecular weight excluding hydrogens is 230 g/mol. The molecule has 0 aromatic heterocycles. The second-order valence-electron chi connectivity index (χ2n) is 4.32. The van der Waals surface area contributed by atoms with Gasteiger partial charge >= 0.3 is 5.97 Å². The molecule has 0 fully saturated rings. The highest BCUT2D eigenvalue weighted by molar-refractivity contribution is 5.75. The second-order valence-corrected chi connectivity index (χ2v) is 4.32. The first-order valence-electron chi connectivity index (χ1n) is 6.29. The molecule has 0 bridgehead atoms. The topological polar surface area (TPSA) is 72.5 Å². The molecule has 18 heavy (non-hydrogen) atoms. The average molecular weight is 251 g/mol. The molecule has 4 heteroatoms. The van der Waals surface area contributed by atoms with Crippen molar-refractivity contribution in [3.63, 3.8) is 0 Å². The second kappa shape index (κ2) is 7.84. The zero-order chi connectivity index (χ0) is 13.4. The zero-order valence-corrected chi connectivity index (χ0v) is 10.7. The largest absolute Gasteiger partial charge is 0.464 e. The monoisotopic (exact) mass is 251 g/mol. The predicted octanol–water partition coefficient (Wildman–Crippen LogP) is 1.26. The Kier molecular flexibility index (Phi) is 6.39. The lowest BCUT2D eigenvalue weighted by Gasteiger charge is -2.17. The molecule has 0 aliphatic heterocycles. The number of benzene rings is 1. The van der Waals surface area contributed by atoms with E-state index in [2.05, 4.69) is 0 Å². The third kappa shape index (κ3) is 4.85. The van der Waals surface area contributed by atoms with Crippen LogP contribution in [0.3, 0.4) is 0 Å². The fraction of sp³-hybridized carbons (Fsp3) is 0.500. The van der Waals surface area contributed by atoms with E-state index in [1.807, 2.05) is 37.3 Å². The van der Waals surface area contributed by atoms with Crippen LogP contribution in [0.2, 0.25) is 0 Å². The molecule has 0 aliphatic carbocycles. The average Bonchev–Trinajstić information content (AvgIpc) is 2.39. The summed E-state index contributed by atoms with van der Waals surface area (Å²) in [5.74, 6) is -0.633. The first kappa shape index (κ1) is 14.7. The van der Waals surface area contributed by atoms with Gasteiger partial charge in [-0.25, -0.2) is 4.79 Å². The first-order valence-corrected chi connectivity index (χ1v) is 6.29. The van der Waals surface area contributed by atoms with Crippen molar-refractivity contribution < 1.29 is 14.6 Å². The Morgan fingerprint density at radius 3 is 2.67 bits per heavy atom. The number of esters is 1. The summed E-state index contributed by atoms with van der Waals surface area (Å²) < 4.78 is 4.93. The van der Waals surface area contributed by atoms with Crippen molar-refractivity contribution in [3.05, 3.63) is 35.9 Å². The lowest BCUT2D eigenvalue weighted by molar-refractivity contribution is -0.154. The maximum Gasteiger partial charge on any atom is 0.336 e. The Morgan fingerprint density at radius 2 is 2.06 bits per heavy atom. The van der Waals surface area contributed by atoms with Gasteiger partial charge in [0, 0.05) is 6.04 Å². The number of rotatable bonds is 7. The van der Waals surface area contributed by atoms with E-state index in [1.54, 1.807) is 0 Å². The smallest absolute Gasteiger partial charge is 0.336 e. The first-order chi connectivity index (χ1) is 8.65. The van der Waals surface area contributed by atoms with Crippen molar-refractivity contribution in [1.82, 2.24) is 0 Å². The van der Waals surface area contributed by atoms with Gasteiger partial charge in [-0.1, -0.05) is 43.7 Å². The summed E-state index contributed by atoms with van der Waals surface area (Å²) in [6.07, 6.45) is 0.929. The van der Waals surface area contributed by atoms with Crippen LogP contribution in [-0.2, 0) is 16.0 Å². The molecule has 0 saturated carbocycles. The summed E-state index contributed by atoms with van der Waals surface area (Å²) in [5.41, 5.74) is 6.79. The van der Waals surface area contributed by atoms with Crippen molar-refractivity contribution in [2.45, 2.75) is 38.3 Å². The van der Waals surface area contributed by atoms with Gasteiger partial charge in [0.05, 0.1) is 6.61 Å². The number of aliphatic hydroxyl groups excluding tert-OH is 1. The van der Waals surface area contributed by atoms with E-state index in [0.717, 1.165) is 18.4 Å². The van der Waals surface area contributed by atoms with Crippen molar-refractivity contribution in [3.8, 4) is 0 Å². The van der Waals surface area contributed by atoms with Gasteiger partial charge in [0.15, 0.2) is 6.10 Å². The van der Waals surface area contributed by atoms with Gasteiger partial charge in [0.25, 0.3) is 0 Å². The minimum atomic E-state index is -1.26. The Labute approximate surface area is 108 Å². The molecule has 0 heterocycles. The van der Waals surface area contributed by atoms with Crippen molar-refractivity contribution in [1.29, 1.82) is 0 Å². The summed E-state index contributed by atoms with van der Waals surface area (Å²) in [7, 11) is 0. The van der Waals surface area contributed by atoms with E-state index >= 15 is 0 Å². The zero-order valence-electron chi connectivity index (χ0n) is 10.7. The summed E-state index contributed by atoms with van der Waals surface area (Å²) in [6, 6.07) is 8.89. The predicted molar refractivity (Wildman–Crippen MR) is 70.0 cm³/mol. The van der Waals surface area contributed by atoms with E-state index < -0.39 is 18.1 Å². The van der Waals surface area contributed by atoms with E-state index in [9.17, 15) is 9.90 Å². The fourth-order valence-electron chi connectivity index (χ4n) is 1.58. The molecule has 0 aliphatic rings. The maximum atomic E-state index is 11.5. The number of ether oxygens (including phenoxy) is 1. The molecule has 0 unspecified atom stereocenters. The Balaban J connectivity index is 2.40. The van der Waals surface area contributed by atoms with Crippen LogP contribution in [0.25, 0.3) is 0 Å². The third-order valence-electron chi connectivity index (χ3n) is 2.70. The van der Waals surface area contributed by atoms with E-state index in [0.29, 0.717) is 13.0 Å². The Hall–Kier alpha value is -1.39. The molecule has 1 rings (SSSR count). The lowest BCUT2D eigenvalue weighted by Crippen LogP contribution is -2.43. The number of carbonyl (C=O) groups is 1. The number of aliphatic hydroxyl groups is 1. The Bertz CT molecular complexity index is 353. The van der Waals surface area contributed by atoms with Gasteiger partial charge in [0.1, 0.15) is 0 Å². The number of hydrogen-bond donors (Lipinski definition) is 2. The normalized spacial score (nSPS) is 13.9. The number of nitrogens with two attached hydrogens (primary N) is 1. The van der Waals surface area contributed by atoms with Gasteiger partial charge < -0.3 is 15.6 Å². The van der Waals surface area contributed by atoms with Crippen molar-refractivity contribution >= 4 is 5.97 Å². The van der Waals surface area contributed by atoms with Crippen LogP contribution in [0.1, 0.15) is 25.3 Å². The molecule has 0 spiro atoms. The van der Waals surface area contributed by atoms with Crippen molar-refractivity contribution in [2.75, 3.05) is 6.61 Å². The third-order valence-corrected chi connectivity index (χ3v) is 2.70. The molecular formula is C14H21NO3. The van der Waals surface area contributed by atoms with Crippen molar-refractivity contribution in [2.24, 2.45) is 5.73 Å². The highest BCUT2D eigenvalue weighted by Gasteiger charge is 2.24. The summed E-state index contributed by atoms with van der Waals surface area (Å²) >= 11 is 0. The molecule has 3 N–H and O–H groups in total.